The highest BCUT2D eigenvalue weighted by atomic mass is 32.2. The van der Waals surface area contributed by atoms with Crippen LogP contribution in [0.15, 0.2) is 28.2 Å². The van der Waals surface area contributed by atoms with Gasteiger partial charge in [-0.3, -0.25) is 14.4 Å². The van der Waals surface area contributed by atoms with Crippen molar-refractivity contribution in [1.82, 2.24) is 15.3 Å². The number of nitrogens with one attached hydrogen (secondary N) is 3. The third kappa shape index (κ3) is 6.34. The first-order chi connectivity index (χ1) is 13.7. The summed E-state index contributed by atoms with van der Waals surface area (Å²) >= 11 is 1.01. The van der Waals surface area contributed by atoms with Crippen molar-refractivity contribution in [3.05, 3.63) is 51.7 Å². The molecule has 3 N–H and O–H groups in total. The van der Waals surface area contributed by atoms with Gasteiger partial charge in [0.2, 0.25) is 11.8 Å². The van der Waals surface area contributed by atoms with Gasteiger partial charge in [-0.1, -0.05) is 25.1 Å². The summed E-state index contributed by atoms with van der Waals surface area (Å²) in [5.74, 6) is -5.97. The molecule has 11 heteroatoms. The zero-order valence-corrected chi connectivity index (χ0v) is 16.5. The van der Waals surface area contributed by atoms with Crippen molar-refractivity contribution < 1.29 is 22.8 Å². The Labute approximate surface area is 168 Å². The standard InChI is InChI=1S/C18H19F3N4O3S/c1-3-4-10-7-13(26)25-18(23-10)29-9(2)17(28)22-8-14(27)24-12-6-5-11(19)15(20)16(12)21/h5-7,9H,3-4,8H2,1-2H3,(H,22,28)(H,24,27)(H,23,25,26)/t9-/m1/s1. The summed E-state index contributed by atoms with van der Waals surface area (Å²) in [7, 11) is 0. The predicted octanol–water partition coefficient (Wildman–Crippen LogP) is 2.38. The van der Waals surface area contributed by atoms with E-state index in [-0.39, 0.29) is 10.7 Å². The summed E-state index contributed by atoms with van der Waals surface area (Å²) in [4.78, 5) is 42.4. The van der Waals surface area contributed by atoms with E-state index in [1.807, 2.05) is 12.2 Å². The minimum absolute atomic E-state index is 0.275. The molecular formula is C18H19F3N4O3S. The Morgan fingerprint density at radius 1 is 1.24 bits per heavy atom. The van der Waals surface area contributed by atoms with Crippen LogP contribution in [0.4, 0.5) is 18.9 Å². The monoisotopic (exact) mass is 428 g/mol. The summed E-state index contributed by atoms with van der Waals surface area (Å²) in [6, 6.07) is 2.93. The molecule has 1 aromatic carbocycles. The van der Waals surface area contributed by atoms with Gasteiger partial charge >= 0.3 is 0 Å². The fraction of sp³-hybridized carbons (Fsp3) is 0.333. The highest BCUT2D eigenvalue weighted by Gasteiger charge is 2.19. The van der Waals surface area contributed by atoms with Gasteiger partial charge in [-0.25, -0.2) is 18.2 Å². The van der Waals surface area contributed by atoms with E-state index in [0.29, 0.717) is 18.2 Å². The van der Waals surface area contributed by atoms with Crippen LogP contribution in [0.3, 0.4) is 0 Å². The van der Waals surface area contributed by atoms with Crippen LogP contribution in [0, 0.1) is 17.5 Å². The summed E-state index contributed by atoms with van der Waals surface area (Å²) in [5.41, 5.74) is -0.258. The fourth-order valence-corrected chi connectivity index (χ4v) is 3.13. The van der Waals surface area contributed by atoms with Crippen LogP contribution in [0.25, 0.3) is 0 Å². The van der Waals surface area contributed by atoms with E-state index < -0.39 is 46.7 Å². The minimum Gasteiger partial charge on any atom is -0.346 e. The lowest BCUT2D eigenvalue weighted by molar-refractivity contribution is -0.123. The summed E-state index contributed by atoms with van der Waals surface area (Å²) in [6.07, 6.45) is 1.43. The van der Waals surface area contributed by atoms with Gasteiger partial charge in [0.1, 0.15) is 0 Å². The number of amides is 2. The molecule has 1 heterocycles. The molecule has 1 atom stereocenters. The highest BCUT2D eigenvalue weighted by molar-refractivity contribution is 8.00. The van der Waals surface area contributed by atoms with E-state index in [0.717, 1.165) is 24.2 Å². The number of aromatic amines is 1. The van der Waals surface area contributed by atoms with Crippen molar-refractivity contribution in [1.29, 1.82) is 0 Å². The average Bonchev–Trinajstić information content (AvgIpc) is 2.66. The van der Waals surface area contributed by atoms with Gasteiger partial charge in [-0.05, 0) is 25.5 Å². The summed E-state index contributed by atoms with van der Waals surface area (Å²) < 4.78 is 39.6. The molecule has 2 amide bonds. The third-order valence-electron chi connectivity index (χ3n) is 3.67. The molecule has 0 unspecified atom stereocenters. The van der Waals surface area contributed by atoms with Crippen LogP contribution in [0.2, 0.25) is 0 Å². The Morgan fingerprint density at radius 3 is 2.66 bits per heavy atom. The largest absolute Gasteiger partial charge is 0.346 e. The number of nitrogens with zero attached hydrogens (tertiary/aromatic N) is 1. The van der Waals surface area contributed by atoms with E-state index in [2.05, 4.69) is 15.3 Å². The number of H-pyrrole nitrogens is 1. The first-order valence-electron chi connectivity index (χ1n) is 8.69. The number of benzene rings is 1. The van der Waals surface area contributed by atoms with Gasteiger partial charge < -0.3 is 15.6 Å². The van der Waals surface area contributed by atoms with Crippen LogP contribution in [-0.4, -0.2) is 33.6 Å². The van der Waals surface area contributed by atoms with Crippen LogP contribution in [0.1, 0.15) is 26.0 Å². The number of aryl methyl sites for hydroxylation is 1. The van der Waals surface area contributed by atoms with Gasteiger partial charge in [0.25, 0.3) is 5.56 Å². The van der Waals surface area contributed by atoms with E-state index in [4.69, 9.17) is 0 Å². The zero-order chi connectivity index (χ0) is 21.6. The smallest absolute Gasteiger partial charge is 0.251 e. The normalized spacial score (nSPS) is 11.8. The minimum atomic E-state index is -1.70. The molecule has 0 fully saturated rings. The molecule has 0 spiro atoms. The van der Waals surface area contributed by atoms with Crippen molar-refractivity contribution in [2.24, 2.45) is 0 Å². The molecule has 7 nitrogen and oxygen atoms in total. The van der Waals surface area contributed by atoms with Crippen LogP contribution >= 0.6 is 11.8 Å². The molecule has 156 valence electrons. The SMILES string of the molecule is CCCc1cc(=O)[nH]c(S[C@H](C)C(=O)NCC(=O)Nc2ccc(F)c(F)c2F)n1. The Kier molecular flexibility index (Phi) is 7.82. The number of hydrogen-bond donors (Lipinski definition) is 3. The number of aromatic nitrogens is 2. The molecule has 0 saturated carbocycles. The molecule has 29 heavy (non-hydrogen) atoms. The lowest BCUT2D eigenvalue weighted by Gasteiger charge is -2.12. The molecule has 2 aromatic rings. The molecule has 1 aromatic heterocycles. The van der Waals surface area contributed by atoms with Gasteiger partial charge in [-0.15, -0.1) is 0 Å². The number of anilines is 1. The maximum absolute atomic E-state index is 13.6. The van der Waals surface area contributed by atoms with Crippen molar-refractivity contribution in [3.63, 3.8) is 0 Å². The van der Waals surface area contributed by atoms with E-state index in [1.54, 1.807) is 6.92 Å². The second-order valence-corrected chi connectivity index (χ2v) is 7.37. The number of thioether (sulfide) groups is 1. The Balaban J connectivity index is 1.91. The van der Waals surface area contributed by atoms with Gasteiger partial charge in [0.05, 0.1) is 17.5 Å². The Bertz CT molecular complexity index is 968. The Morgan fingerprint density at radius 2 is 1.97 bits per heavy atom. The number of halogens is 3. The van der Waals surface area contributed by atoms with Crippen molar-refractivity contribution >= 4 is 29.3 Å². The zero-order valence-electron chi connectivity index (χ0n) is 15.6. The Hall–Kier alpha value is -2.82. The maximum Gasteiger partial charge on any atom is 0.251 e. The lowest BCUT2D eigenvalue weighted by Crippen LogP contribution is -2.37. The topological polar surface area (TPSA) is 104 Å². The number of hydrogen-bond acceptors (Lipinski definition) is 5. The molecule has 0 aliphatic carbocycles. The molecule has 0 aliphatic rings. The highest BCUT2D eigenvalue weighted by Crippen LogP contribution is 2.20. The van der Waals surface area contributed by atoms with Gasteiger partial charge in [-0.2, -0.15) is 0 Å². The van der Waals surface area contributed by atoms with Crippen molar-refractivity contribution in [3.8, 4) is 0 Å². The molecule has 2 rings (SSSR count). The predicted molar refractivity (Wildman–Crippen MR) is 102 cm³/mol. The molecular weight excluding hydrogens is 409 g/mol. The van der Waals surface area contributed by atoms with E-state index in [9.17, 15) is 27.6 Å². The van der Waals surface area contributed by atoms with Crippen molar-refractivity contribution in [2.45, 2.75) is 37.1 Å². The van der Waals surface area contributed by atoms with Gasteiger partial charge in [0, 0.05) is 11.8 Å². The first kappa shape index (κ1) is 22.5. The van der Waals surface area contributed by atoms with Crippen LogP contribution in [0.5, 0.6) is 0 Å². The van der Waals surface area contributed by atoms with Gasteiger partial charge in [0.15, 0.2) is 22.6 Å². The van der Waals surface area contributed by atoms with Crippen molar-refractivity contribution in [2.75, 3.05) is 11.9 Å². The molecule has 0 saturated heterocycles. The summed E-state index contributed by atoms with van der Waals surface area (Å²) in [6.45, 7) is 2.99. The summed E-state index contributed by atoms with van der Waals surface area (Å²) in [5, 5.41) is 3.97. The molecule has 0 bridgehead atoms. The second kappa shape index (κ2) is 10.1. The lowest BCUT2D eigenvalue weighted by atomic mass is 10.2. The quantitative estimate of drug-likeness (QED) is 0.340. The average molecular weight is 428 g/mol. The van der Waals surface area contributed by atoms with E-state index >= 15 is 0 Å². The van der Waals surface area contributed by atoms with Crippen LogP contribution < -0.4 is 16.2 Å². The third-order valence-corrected chi connectivity index (χ3v) is 4.65. The molecule has 0 aliphatic heterocycles. The first-order valence-corrected chi connectivity index (χ1v) is 9.57. The number of carbonyl (C=O) groups excluding carboxylic acids is 2. The fourth-order valence-electron chi connectivity index (χ4n) is 2.27. The van der Waals surface area contributed by atoms with E-state index in [1.165, 1.54) is 6.07 Å². The number of rotatable bonds is 8. The maximum atomic E-state index is 13.6. The second-order valence-electron chi connectivity index (χ2n) is 6.04. The number of carbonyl (C=O) groups is 2. The van der Waals surface area contributed by atoms with Crippen LogP contribution in [-0.2, 0) is 16.0 Å². The molecule has 0 radical (unpaired) electrons.